The van der Waals surface area contributed by atoms with Crippen molar-refractivity contribution >= 4 is 0 Å². The monoisotopic (exact) mass is 205 g/mol. The average Bonchev–Trinajstić information content (AvgIpc) is 2.14. The normalized spacial score (nSPS) is 15.0. The van der Waals surface area contributed by atoms with Crippen LogP contribution >= 0.6 is 0 Å². The first kappa shape index (κ1) is 12.3. The molecule has 1 nitrogen and oxygen atoms in total. The van der Waals surface area contributed by atoms with Gasteiger partial charge >= 0.3 is 0 Å². The molecule has 84 valence electrons. The summed E-state index contributed by atoms with van der Waals surface area (Å²) < 4.78 is 0. The molecule has 0 aliphatic rings. The van der Waals surface area contributed by atoms with E-state index in [0.717, 1.165) is 6.42 Å². The first-order valence-electron chi connectivity index (χ1n) is 5.77. The molecule has 2 atom stereocenters. The lowest BCUT2D eigenvalue weighted by molar-refractivity contribution is 0.424. The molecular formula is C14H23N. The quantitative estimate of drug-likeness (QED) is 0.796. The number of nitrogens with one attached hydrogen (secondary N) is 1. The van der Waals surface area contributed by atoms with Crippen LogP contribution in [0.3, 0.4) is 0 Å². The highest BCUT2D eigenvalue weighted by Crippen LogP contribution is 2.15. The number of benzene rings is 1. The SMILES string of the molecule is CNC(C)C(C)Cc1cc(C)cc(C)c1. The van der Waals surface area contributed by atoms with E-state index in [-0.39, 0.29) is 0 Å². The van der Waals surface area contributed by atoms with Crippen molar-refractivity contribution in [3.05, 3.63) is 34.9 Å². The lowest BCUT2D eigenvalue weighted by Crippen LogP contribution is -2.29. The number of aryl methyl sites for hydroxylation is 2. The van der Waals surface area contributed by atoms with Crippen LogP contribution in [0.25, 0.3) is 0 Å². The summed E-state index contributed by atoms with van der Waals surface area (Å²) >= 11 is 0. The van der Waals surface area contributed by atoms with Crippen LogP contribution < -0.4 is 5.32 Å². The third-order valence-corrected chi connectivity index (χ3v) is 3.15. The summed E-state index contributed by atoms with van der Waals surface area (Å²) in [6.07, 6.45) is 1.16. The van der Waals surface area contributed by atoms with E-state index >= 15 is 0 Å². The topological polar surface area (TPSA) is 12.0 Å². The van der Waals surface area contributed by atoms with Crippen molar-refractivity contribution in [2.75, 3.05) is 7.05 Å². The number of hydrogen-bond acceptors (Lipinski definition) is 1. The number of hydrogen-bond donors (Lipinski definition) is 1. The highest BCUT2D eigenvalue weighted by atomic mass is 14.9. The van der Waals surface area contributed by atoms with Crippen LogP contribution in [0.1, 0.15) is 30.5 Å². The third-order valence-electron chi connectivity index (χ3n) is 3.15. The standard InChI is InChI=1S/C14H23N/c1-10-6-11(2)8-14(7-10)9-12(3)13(4)15-5/h6-8,12-13,15H,9H2,1-5H3. The first-order chi connectivity index (χ1) is 7.02. The Balaban J connectivity index is 2.72. The molecule has 0 aliphatic carbocycles. The van der Waals surface area contributed by atoms with E-state index < -0.39 is 0 Å². The van der Waals surface area contributed by atoms with E-state index in [1.807, 2.05) is 7.05 Å². The molecule has 1 N–H and O–H groups in total. The summed E-state index contributed by atoms with van der Waals surface area (Å²) in [5.74, 6) is 0.677. The van der Waals surface area contributed by atoms with Gasteiger partial charge in [-0.05, 0) is 45.7 Å². The maximum atomic E-state index is 3.31. The van der Waals surface area contributed by atoms with Crippen molar-refractivity contribution in [3.63, 3.8) is 0 Å². The van der Waals surface area contributed by atoms with E-state index in [4.69, 9.17) is 0 Å². The molecule has 0 amide bonds. The van der Waals surface area contributed by atoms with E-state index in [0.29, 0.717) is 12.0 Å². The molecule has 0 radical (unpaired) electrons. The molecule has 1 heteroatoms. The van der Waals surface area contributed by atoms with Gasteiger partial charge in [0.15, 0.2) is 0 Å². The Hall–Kier alpha value is -0.820. The lowest BCUT2D eigenvalue weighted by atomic mass is 9.93. The molecule has 0 saturated carbocycles. The molecule has 1 rings (SSSR count). The molecular weight excluding hydrogens is 182 g/mol. The van der Waals surface area contributed by atoms with Crippen molar-refractivity contribution in [2.24, 2.45) is 5.92 Å². The van der Waals surface area contributed by atoms with Crippen LogP contribution in [-0.4, -0.2) is 13.1 Å². The fraction of sp³-hybridized carbons (Fsp3) is 0.571. The minimum Gasteiger partial charge on any atom is -0.317 e. The Bertz CT molecular complexity index is 297. The van der Waals surface area contributed by atoms with Gasteiger partial charge in [0.05, 0.1) is 0 Å². The van der Waals surface area contributed by atoms with Crippen LogP contribution in [-0.2, 0) is 6.42 Å². The Labute approximate surface area is 93.9 Å². The highest BCUT2D eigenvalue weighted by molar-refractivity contribution is 5.28. The minimum absolute atomic E-state index is 0.575. The summed E-state index contributed by atoms with van der Waals surface area (Å²) in [6, 6.07) is 7.40. The highest BCUT2D eigenvalue weighted by Gasteiger charge is 2.10. The third kappa shape index (κ3) is 3.67. The Kier molecular flexibility index (Phi) is 4.34. The Morgan fingerprint density at radius 2 is 1.60 bits per heavy atom. The van der Waals surface area contributed by atoms with Crippen LogP contribution in [0.5, 0.6) is 0 Å². The molecule has 0 heterocycles. The largest absolute Gasteiger partial charge is 0.317 e. The molecule has 15 heavy (non-hydrogen) atoms. The fourth-order valence-electron chi connectivity index (χ4n) is 2.02. The average molecular weight is 205 g/mol. The van der Waals surface area contributed by atoms with Gasteiger partial charge in [-0.1, -0.05) is 36.2 Å². The van der Waals surface area contributed by atoms with Gasteiger partial charge < -0.3 is 5.32 Å². The van der Waals surface area contributed by atoms with Gasteiger partial charge in [-0.3, -0.25) is 0 Å². The maximum absolute atomic E-state index is 3.31. The second kappa shape index (κ2) is 5.32. The van der Waals surface area contributed by atoms with E-state index in [9.17, 15) is 0 Å². The number of rotatable bonds is 4. The molecule has 0 bridgehead atoms. The zero-order valence-corrected chi connectivity index (χ0v) is 10.6. The smallest absolute Gasteiger partial charge is 0.00645 e. The first-order valence-corrected chi connectivity index (χ1v) is 5.77. The fourth-order valence-corrected chi connectivity index (χ4v) is 2.02. The van der Waals surface area contributed by atoms with Gasteiger partial charge in [-0.25, -0.2) is 0 Å². The lowest BCUT2D eigenvalue weighted by Gasteiger charge is -2.19. The van der Waals surface area contributed by atoms with Gasteiger partial charge in [-0.15, -0.1) is 0 Å². The molecule has 0 fully saturated rings. The molecule has 2 unspecified atom stereocenters. The van der Waals surface area contributed by atoms with E-state index in [2.05, 4.69) is 51.2 Å². The summed E-state index contributed by atoms with van der Waals surface area (Å²) in [6.45, 7) is 8.89. The molecule has 0 saturated heterocycles. The molecule has 1 aromatic carbocycles. The molecule has 0 aliphatic heterocycles. The van der Waals surface area contributed by atoms with Crippen molar-refractivity contribution in [2.45, 2.75) is 40.2 Å². The van der Waals surface area contributed by atoms with Crippen LogP contribution in [0.4, 0.5) is 0 Å². The van der Waals surface area contributed by atoms with E-state index in [1.165, 1.54) is 16.7 Å². The van der Waals surface area contributed by atoms with E-state index in [1.54, 1.807) is 0 Å². The van der Waals surface area contributed by atoms with Crippen molar-refractivity contribution < 1.29 is 0 Å². The zero-order chi connectivity index (χ0) is 11.4. The summed E-state index contributed by atoms with van der Waals surface area (Å²) in [5, 5.41) is 3.31. The van der Waals surface area contributed by atoms with Crippen LogP contribution in [0.15, 0.2) is 18.2 Å². The Morgan fingerprint density at radius 1 is 1.07 bits per heavy atom. The van der Waals surface area contributed by atoms with Gasteiger partial charge in [0, 0.05) is 6.04 Å². The molecule has 0 spiro atoms. The summed E-state index contributed by atoms with van der Waals surface area (Å²) in [5.41, 5.74) is 4.20. The second-order valence-corrected chi connectivity index (χ2v) is 4.75. The van der Waals surface area contributed by atoms with Gasteiger partial charge in [0.25, 0.3) is 0 Å². The minimum atomic E-state index is 0.575. The van der Waals surface area contributed by atoms with Crippen LogP contribution in [0, 0.1) is 19.8 Å². The second-order valence-electron chi connectivity index (χ2n) is 4.75. The van der Waals surface area contributed by atoms with Crippen LogP contribution in [0.2, 0.25) is 0 Å². The van der Waals surface area contributed by atoms with Crippen molar-refractivity contribution in [1.29, 1.82) is 0 Å². The maximum Gasteiger partial charge on any atom is 0.00645 e. The van der Waals surface area contributed by atoms with Gasteiger partial charge in [0.2, 0.25) is 0 Å². The van der Waals surface area contributed by atoms with Crippen molar-refractivity contribution in [3.8, 4) is 0 Å². The van der Waals surface area contributed by atoms with Crippen molar-refractivity contribution in [1.82, 2.24) is 5.32 Å². The van der Waals surface area contributed by atoms with Gasteiger partial charge in [0.1, 0.15) is 0 Å². The summed E-state index contributed by atoms with van der Waals surface area (Å²) in [4.78, 5) is 0. The predicted octanol–water partition coefficient (Wildman–Crippen LogP) is 3.09. The Morgan fingerprint density at radius 3 is 2.07 bits per heavy atom. The predicted molar refractivity (Wildman–Crippen MR) is 67.3 cm³/mol. The van der Waals surface area contributed by atoms with Gasteiger partial charge in [-0.2, -0.15) is 0 Å². The molecule has 0 aromatic heterocycles. The zero-order valence-electron chi connectivity index (χ0n) is 10.6. The summed E-state index contributed by atoms with van der Waals surface area (Å²) in [7, 11) is 2.03. The molecule has 1 aromatic rings.